The van der Waals surface area contributed by atoms with Gasteiger partial charge in [-0.15, -0.1) is 0 Å². The lowest BCUT2D eigenvalue weighted by molar-refractivity contribution is 0.355. The molecule has 0 amide bonds. The third kappa shape index (κ3) is 2.58. The minimum atomic E-state index is -0.448. The van der Waals surface area contributed by atoms with E-state index in [1.54, 1.807) is 30.3 Å². The van der Waals surface area contributed by atoms with Crippen molar-refractivity contribution in [1.82, 2.24) is 0 Å². The quantitative estimate of drug-likeness (QED) is 0.791. The number of methoxy groups -OCH3 is 2. The highest BCUT2D eigenvalue weighted by molar-refractivity contribution is 5.82. The predicted octanol–water partition coefficient (Wildman–Crippen LogP) is 3.75. The lowest BCUT2D eigenvalue weighted by Crippen LogP contribution is -2.03. The Morgan fingerprint density at radius 1 is 1.04 bits per heavy atom. The van der Waals surface area contributed by atoms with Gasteiger partial charge in [0.1, 0.15) is 5.58 Å². The molecule has 0 radical (unpaired) electrons. The number of rotatable bonds is 4. The highest BCUT2D eigenvalue weighted by Gasteiger charge is 2.17. The van der Waals surface area contributed by atoms with Gasteiger partial charge in [-0.05, 0) is 42.3 Å². The van der Waals surface area contributed by atoms with Gasteiger partial charge in [-0.25, -0.2) is 0 Å². The Bertz CT molecular complexity index is 956. The first kappa shape index (κ1) is 15.9. The van der Waals surface area contributed by atoms with E-state index in [1.807, 2.05) is 13.0 Å². The molecule has 0 saturated carbocycles. The lowest BCUT2D eigenvalue weighted by atomic mass is 10.1. The minimum absolute atomic E-state index is 0.109. The molecule has 0 aliphatic heterocycles. The van der Waals surface area contributed by atoms with Crippen molar-refractivity contribution in [1.29, 1.82) is 0 Å². The number of hydrogen-bond acceptors (Lipinski definition) is 5. The maximum Gasteiger partial charge on any atom is 0.235 e. The Hall–Kier alpha value is -2.95. The molecule has 0 aliphatic carbocycles. The van der Waals surface area contributed by atoms with Crippen LogP contribution in [-0.2, 0) is 6.42 Å². The van der Waals surface area contributed by atoms with Crippen LogP contribution in [0.1, 0.15) is 12.5 Å². The van der Waals surface area contributed by atoms with Crippen LogP contribution in [0.25, 0.3) is 22.3 Å². The summed E-state index contributed by atoms with van der Waals surface area (Å²) in [5.74, 6) is 0.732. The molecular weight excluding hydrogens is 308 g/mol. The van der Waals surface area contributed by atoms with E-state index in [2.05, 4.69) is 0 Å². The van der Waals surface area contributed by atoms with Crippen LogP contribution in [0, 0.1) is 0 Å². The second-order valence-electron chi connectivity index (χ2n) is 5.36. The van der Waals surface area contributed by atoms with Gasteiger partial charge in [0.15, 0.2) is 17.3 Å². The zero-order valence-electron chi connectivity index (χ0n) is 13.8. The zero-order valence-corrected chi connectivity index (χ0v) is 13.8. The van der Waals surface area contributed by atoms with Gasteiger partial charge in [0.2, 0.25) is 11.2 Å². The van der Waals surface area contributed by atoms with Gasteiger partial charge in [0, 0.05) is 5.56 Å². The molecule has 124 valence electrons. The number of hydrogen-bond donors (Lipinski definition) is 1. The van der Waals surface area contributed by atoms with Gasteiger partial charge in [0.25, 0.3) is 0 Å². The molecule has 3 rings (SSSR count). The van der Waals surface area contributed by atoms with E-state index in [0.29, 0.717) is 28.0 Å². The van der Waals surface area contributed by atoms with E-state index >= 15 is 0 Å². The summed E-state index contributed by atoms with van der Waals surface area (Å²) in [5.41, 5.74) is 1.52. The molecule has 5 nitrogen and oxygen atoms in total. The molecular formula is C19H18O5. The van der Waals surface area contributed by atoms with Gasteiger partial charge in [0.05, 0.1) is 19.6 Å². The SMILES string of the molecule is CCc1ccc2oc(-c3ccc(OC)c(OC)c3)c(O)c(=O)c2c1. The van der Waals surface area contributed by atoms with Crippen LogP contribution in [0.15, 0.2) is 45.6 Å². The molecule has 0 bridgehead atoms. The molecule has 0 spiro atoms. The summed E-state index contributed by atoms with van der Waals surface area (Å²) in [6, 6.07) is 10.5. The molecule has 3 aromatic rings. The smallest absolute Gasteiger partial charge is 0.235 e. The first-order valence-electron chi connectivity index (χ1n) is 7.60. The van der Waals surface area contributed by atoms with Crippen molar-refractivity contribution in [3.63, 3.8) is 0 Å². The van der Waals surface area contributed by atoms with Crippen LogP contribution in [0.3, 0.4) is 0 Å². The third-order valence-corrected chi connectivity index (χ3v) is 3.98. The topological polar surface area (TPSA) is 68.9 Å². The van der Waals surface area contributed by atoms with Crippen molar-refractivity contribution < 1.29 is 19.0 Å². The van der Waals surface area contributed by atoms with Crippen molar-refractivity contribution in [3.05, 3.63) is 52.2 Å². The minimum Gasteiger partial charge on any atom is -0.502 e. The summed E-state index contributed by atoms with van der Waals surface area (Å²) in [6.07, 6.45) is 0.799. The van der Waals surface area contributed by atoms with E-state index < -0.39 is 11.2 Å². The molecule has 0 fully saturated rings. The van der Waals surface area contributed by atoms with Gasteiger partial charge >= 0.3 is 0 Å². The lowest BCUT2D eigenvalue weighted by Gasteiger charge is -2.11. The predicted molar refractivity (Wildman–Crippen MR) is 92.1 cm³/mol. The maximum atomic E-state index is 12.5. The molecule has 24 heavy (non-hydrogen) atoms. The molecule has 0 unspecified atom stereocenters. The van der Waals surface area contributed by atoms with Gasteiger partial charge in [-0.2, -0.15) is 0 Å². The second-order valence-corrected chi connectivity index (χ2v) is 5.36. The first-order valence-corrected chi connectivity index (χ1v) is 7.60. The highest BCUT2D eigenvalue weighted by atomic mass is 16.5. The van der Waals surface area contributed by atoms with Crippen molar-refractivity contribution in [2.24, 2.45) is 0 Å². The van der Waals surface area contributed by atoms with Crippen molar-refractivity contribution in [2.45, 2.75) is 13.3 Å². The molecule has 1 aromatic heterocycles. The molecule has 0 atom stereocenters. The Kier molecular flexibility index (Phi) is 4.16. The fourth-order valence-electron chi connectivity index (χ4n) is 2.63. The van der Waals surface area contributed by atoms with Crippen LogP contribution in [0.2, 0.25) is 0 Å². The maximum absolute atomic E-state index is 12.5. The number of benzene rings is 2. The molecule has 0 aliphatic rings. The van der Waals surface area contributed by atoms with E-state index in [4.69, 9.17) is 13.9 Å². The van der Waals surface area contributed by atoms with Gasteiger partial charge < -0.3 is 19.0 Å². The number of fused-ring (bicyclic) bond motifs is 1. The first-order chi connectivity index (χ1) is 11.6. The number of aromatic hydroxyl groups is 1. The summed E-state index contributed by atoms with van der Waals surface area (Å²) in [6.45, 7) is 2.00. The van der Waals surface area contributed by atoms with Crippen LogP contribution >= 0.6 is 0 Å². The van der Waals surface area contributed by atoms with E-state index in [0.717, 1.165) is 12.0 Å². The van der Waals surface area contributed by atoms with Crippen molar-refractivity contribution in [2.75, 3.05) is 14.2 Å². The van der Waals surface area contributed by atoms with Crippen molar-refractivity contribution >= 4 is 11.0 Å². The fourth-order valence-corrected chi connectivity index (χ4v) is 2.63. The fraction of sp³-hybridized carbons (Fsp3) is 0.211. The second kappa shape index (κ2) is 6.28. The summed E-state index contributed by atoms with van der Waals surface area (Å²) >= 11 is 0. The van der Waals surface area contributed by atoms with Crippen LogP contribution in [0.5, 0.6) is 17.2 Å². The molecule has 1 heterocycles. The van der Waals surface area contributed by atoms with Gasteiger partial charge in [-0.3, -0.25) is 4.79 Å². The van der Waals surface area contributed by atoms with Crippen LogP contribution in [0.4, 0.5) is 0 Å². The Balaban J connectivity index is 2.24. The highest BCUT2D eigenvalue weighted by Crippen LogP contribution is 2.36. The van der Waals surface area contributed by atoms with Crippen molar-refractivity contribution in [3.8, 4) is 28.6 Å². The standard InChI is InChI=1S/C19H18O5/c1-4-11-5-7-14-13(9-11)17(20)18(21)19(24-14)12-6-8-15(22-2)16(10-12)23-3/h5-10,21H,4H2,1-3H3. The average Bonchev–Trinajstić information content (AvgIpc) is 2.63. The third-order valence-electron chi connectivity index (χ3n) is 3.98. The summed E-state index contributed by atoms with van der Waals surface area (Å²) in [7, 11) is 3.06. The molecule has 0 saturated heterocycles. The zero-order chi connectivity index (χ0) is 17.3. The van der Waals surface area contributed by atoms with E-state index in [9.17, 15) is 9.90 Å². The van der Waals surface area contributed by atoms with Crippen LogP contribution in [-0.4, -0.2) is 19.3 Å². The van der Waals surface area contributed by atoms with Crippen LogP contribution < -0.4 is 14.9 Å². The Labute approximate surface area is 139 Å². The number of aryl methyl sites for hydroxylation is 1. The molecule has 1 N–H and O–H groups in total. The largest absolute Gasteiger partial charge is 0.502 e. The Morgan fingerprint density at radius 2 is 1.79 bits per heavy atom. The van der Waals surface area contributed by atoms with E-state index in [1.165, 1.54) is 14.2 Å². The average molecular weight is 326 g/mol. The summed E-state index contributed by atoms with van der Waals surface area (Å²) < 4.78 is 16.2. The van der Waals surface area contributed by atoms with E-state index in [-0.39, 0.29) is 5.76 Å². The Morgan fingerprint density at radius 3 is 2.46 bits per heavy atom. The summed E-state index contributed by atoms with van der Waals surface area (Å²) in [4.78, 5) is 12.5. The monoisotopic (exact) mass is 326 g/mol. The number of ether oxygens (including phenoxy) is 2. The van der Waals surface area contributed by atoms with Gasteiger partial charge in [-0.1, -0.05) is 13.0 Å². The normalized spacial score (nSPS) is 10.8. The summed E-state index contributed by atoms with van der Waals surface area (Å²) in [5, 5.41) is 10.7. The molecule has 5 heteroatoms. The molecule has 2 aromatic carbocycles.